The number of aryl methyl sites for hydroxylation is 1. The van der Waals surface area contributed by atoms with Crippen LogP contribution in [0.1, 0.15) is 11.1 Å². The van der Waals surface area contributed by atoms with Gasteiger partial charge >= 0.3 is 11.8 Å². The summed E-state index contributed by atoms with van der Waals surface area (Å²) in [6.07, 6.45) is 1.32. The van der Waals surface area contributed by atoms with Crippen molar-refractivity contribution >= 4 is 46.9 Å². The van der Waals surface area contributed by atoms with Gasteiger partial charge < -0.3 is 15.4 Å². The van der Waals surface area contributed by atoms with Crippen molar-refractivity contribution in [1.29, 1.82) is 0 Å². The second-order valence-corrected chi connectivity index (χ2v) is 7.44. The largest absolute Gasteiger partial charge is 0.484 e. The summed E-state index contributed by atoms with van der Waals surface area (Å²) < 4.78 is 18.4. The minimum absolute atomic E-state index is 0.266. The van der Waals surface area contributed by atoms with Crippen molar-refractivity contribution in [3.63, 3.8) is 0 Å². The van der Waals surface area contributed by atoms with Crippen molar-refractivity contribution in [2.45, 2.75) is 6.92 Å². The molecule has 0 bridgehead atoms. The van der Waals surface area contributed by atoms with Crippen molar-refractivity contribution in [1.82, 2.24) is 5.43 Å². The lowest BCUT2D eigenvalue weighted by molar-refractivity contribution is -0.136. The van der Waals surface area contributed by atoms with Gasteiger partial charge in [0.2, 0.25) is 0 Å². The Labute approximate surface area is 199 Å². The molecule has 0 heterocycles. The van der Waals surface area contributed by atoms with Crippen molar-refractivity contribution in [2.24, 2.45) is 5.10 Å². The number of rotatable bonds is 7. The van der Waals surface area contributed by atoms with Crippen molar-refractivity contribution < 1.29 is 23.5 Å². The molecule has 0 spiro atoms. The van der Waals surface area contributed by atoms with E-state index in [1.165, 1.54) is 36.5 Å². The maximum atomic E-state index is 12.9. The van der Waals surface area contributed by atoms with Crippen LogP contribution < -0.4 is 20.8 Å². The van der Waals surface area contributed by atoms with Gasteiger partial charge in [0.1, 0.15) is 11.6 Å². The summed E-state index contributed by atoms with van der Waals surface area (Å²) in [5.74, 6) is -2.29. The molecule has 10 heteroatoms. The molecule has 3 aromatic carbocycles. The number of hydrazone groups is 1. The summed E-state index contributed by atoms with van der Waals surface area (Å²) in [4.78, 5) is 35.9. The molecule has 3 amide bonds. The van der Waals surface area contributed by atoms with E-state index in [-0.39, 0.29) is 6.61 Å². The first-order chi connectivity index (χ1) is 16.3. The number of anilines is 2. The quantitative estimate of drug-likeness (QED) is 0.269. The lowest BCUT2D eigenvalue weighted by atomic mass is 10.2. The molecule has 0 radical (unpaired) electrons. The van der Waals surface area contributed by atoms with Crippen LogP contribution in [0.25, 0.3) is 0 Å². The van der Waals surface area contributed by atoms with E-state index in [9.17, 15) is 18.8 Å². The van der Waals surface area contributed by atoms with Gasteiger partial charge in [0.15, 0.2) is 6.61 Å². The van der Waals surface area contributed by atoms with E-state index < -0.39 is 23.5 Å². The molecule has 0 fully saturated rings. The molecule has 34 heavy (non-hydrogen) atoms. The number of benzene rings is 3. The van der Waals surface area contributed by atoms with Crippen LogP contribution in [0.15, 0.2) is 71.8 Å². The molecular formula is C24H20ClFN4O4. The molecule has 0 unspecified atom stereocenters. The molecule has 8 nitrogen and oxygen atoms in total. The predicted octanol–water partition coefficient (Wildman–Crippen LogP) is 3.89. The summed E-state index contributed by atoms with van der Waals surface area (Å²) in [6.45, 7) is 1.55. The Morgan fingerprint density at radius 2 is 1.71 bits per heavy atom. The van der Waals surface area contributed by atoms with Gasteiger partial charge in [-0.3, -0.25) is 14.4 Å². The molecule has 0 aliphatic heterocycles. The lowest BCUT2D eigenvalue weighted by Gasteiger charge is -2.08. The first-order valence-electron chi connectivity index (χ1n) is 9.99. The Kier molecular flexibility index (Phi) is 8.31. The molecule has 0 aromatic heterocycles. The molecule has 0 saturated carbocycles. The summed E-state index contributed by atoms with van der Waals surface area (Å²) in [7, 11) is 0. The monoisotopic (exact) mass is 482 g/mol. The minimum atomic E-state index is -0.960. The standard InChI is InChI=1S/C24H20ClFN4O4/c1-15-5-8-19(12-21(15)25)29-23(32)24(33)30-27-13-16-3-2-4-20(11-16)34-14-22(31)28-18-9-6-17(26)7-10-18/h2-13H,14H2,1H3,(H,28,31)(H,29,32)(H,30,33)/b27-13-. The summed E-state index contributed by atoms with van der Waals surface area (Å²) in [6, 6.07) is 16.8. The third-order valence-electron chi connectivity index (χ3n) is 4.37. The average molecular weight is 483 g/mol. The highest BCUT2D eigenvalue weighted by molar-refractivity contribution is 6.39. The van der Waals surface area contributed by atoms with Crippen LogP contribution >= 0.6 is 11.6 Å². The highest BCUT2D eigenvalue weighted by Gasteiger charge is 2.13. The van der Waals surface area contributed by atoms with Crippen LogP contribution in [0.5, 0.6) is 5.75 Å². The van der Waals surface area contributed by atoms with Crippen molar-refractivity contribution in [2.75, 3.05) is 17.2 Å². The van der Waals surface area contributed by atoms with E-state index >= 15 is 0 Å². The Balaban J connectivity index is 1.48. The number of halogens is 2. The molecular weight excluding hydrogens is 463 g/mol. The first kappa shape index (κ1) is 24.4. The Morgan fingerprint density at radius 3 is 2.44 bits per heavy atom. The Hall–Kier alpha value is -4.24. The van der Waals surface area contributed by atoms with Gasteiger partial charge in [0, 0.05) is 16.4 Å². The molecule has 0 aliphatic rings. The predicted molar refractivity (Wildman–Crippen MR) is 128 cm³/mol. The van der Waals surface area contributed by atoms with Crippen molar-refractivity contribution in [3.8, 4) is 5.75 Å². The van der Waals surface area contributed by atoms with E-state index in [1.807, 2.05) is 6.92 Å². The van der Waals surface area contributed by atoms with Crippen LogP contribution in [0.4, 0.5) is 15.8 Å². The van der Waals surface area contributed by atoms with Gasteiger partial charge in [-0.25, -0.2) is 9.82 Å². The second-order valence-electron chi connectivity index (χ2n) is 7.03. The van der Waals surface area contributed by atoms with E-state index in [2.05, 4.69) is 21.2 Å². The number of carbonyl (C=O) groups is 3. The van der Waals surface area contributed by atoms with Crippen LogP contribution in [0, 0.1) is 12.7 Å². The van der Waals surface area contributed by atoms with E-state index in [0.717, 1.165) is 5.56 Å². The Bertz CT molecular complexity index is 1230. The number of amides is 3. The smallest absolute Gasteiger partial charge is 0.329 e. The summed E-state index contributed by atoms with van der Waals surface area (Å²) in [5, 5.41) is 9.24. The Morgan fingerprint density at radius 1 is 0.971 bits per heavy atom. The zero-order valence-corrected chi connectivity index (χ0v) is 18.7. The van der Waals surface area contributed by atoms with E-state index in [4.69, 9.17) is 16.3 Å². The topological polar surface area (TPSA) is 109 Å². The number of ether oxygens (including phenoxy) is 1. The number of hydrogen-bond donors (Lipinski definition) is 3. The zero-order chi connectivity index (χ0) is 24.5. The lowest BCUT2D eigenvalue weighted by Crippen LogP contribution is -2.32. The van der Waals surface area contributed by atoms with Crippen LogP contribution in [-0.2, 0) is 14.4 Å². The normalized spacial score (nSPS) is 10.6. The van der Waals surface area contributed by atoms with Crippen molar-refractivity contribution in [3.05, 3.63) is 88.7 Å². The number of hydrogen-bond acceptors (Lipinski definition) is 5. The summed E-state index contributed by atoms with van der Waals surface area (Å²) >= 11 is 6.00. The highest BCUT2D eigenvalue weighted by Crippen LogP contribution is 2.19. The molecule has 3 aromatic rings. The number of carbonyl (C=O) groups excluding carboxylic acids is 3. The minimum Gasteiger partial charge on any atom is -0.484 e. The molecule has 0 saturated heterocycles. The van der Waals surface area contributed by atoms with Gasteiger partial charge in [-0.15, -0.1) is 0 Å². The molecule has 3 rings (SSSR count). The van der Waals surface area contributed by atoms with Gasteiger partial charge in [-0.1, -0.05) is 29.8 Å². The summed E-state index contributed by atoms with van der Waals surface area (Å²) in [5.41, 5.74) is 4.36. The van der Waals surface area contributed by atoms with Crippen LogP contribution in [0.3, 0.4) is 0 Å². The third-order valence-corrected chi connectivity index (χ3v) is 4.78. The fraction of sp³-hybridized carbons (Fsp3) is 0.0833. The molecule has 0 atom stereocenters. The zero-order valence-electron chi connectivity index (χ0n) is 18.0. The number of nitrogens with one attached hydrogen (secondary N) is 3. The number of nitrogens with zero attached hydrogens (tertiary/aromatic N) is 1. The van der Waals surface area contributed by atoms with Crippen LogP contribution in [-0.4, -0.2) is 30.5 Å². The van der Waals surface area contributed by atoms with Crippen LogP contribution in [0.2, 0.25) is 5.02 Å². The third kappa shape index (κ3) is 7.42. The van der Waals surface area contributed by atoms with Gasteiger partial charge in [-0.05, 0) is 66.6 Å². The van der Waals surface area contributed by atoms with Gasteiger partial charge in [-0.2, -0.15) is 5.10 Å². The maximum absolute atomic E-state index is 12.9. The van der Waals surface area contributed by atoms with E-state index in [1.54, 1.807) is 36.4 Å². The second kappa shape index (κ2) is 11.6. The van der Waals surface area contributed by atoms with E-state index in [0.29, 0.717) is 27.7 Å². The average Bonchev–Trinajstić information content (AvgIpc) is 2.82. The molecule has 0 aliphatic carbocycles. The fourth-order valence-electron chi connectivity index (χ4n) is 2.64. The first-order valence-corrected chi connectivity index (χ1v) is 10.4. The SMILES string of the molecule is Cc1ccc(NC(=O)C(=O)N/N=C\c2cccc(OCC(=O)Nc3ccc(F)cc3)c2)cc1Cl. The van der Waals surface area contributed by atoms with Gasteiger partial charge in [0.05, 0.1) is 6.21 Å². The molecule has 3 N–H and O–H groups in total. The molecule has 174 valence electrons. The maximum Gasteiger partial charge on any atom is 0.329 e. The highest BCUT2D eigenvalue weighted by atomic mass is 35.5. The van der Waals surface area contributed by atoms with Gasteiger partial charge in [0.25, 0.3) is 5.91 Å². The fourth-order valence-corrected chi connectivity index (χ4v) is 2.82.